The van der Waals surface area contributed by atoms with Crippen molar-refractivity contribution in [3.05, 3.63) is 30.1 Å². The molecule has 0 fully saturated rings. The highest BCUT2D eigenvalue weighted by atomic mass is 127. The van der Waals surface area contributed by atoms with E-state index in [0.29, 0.717) is 6.61 Å². The Kier molecular flexibility index (Phi) is 22.4. The number of carbonyl (C=O) groups is 2. The molecule has 0 unspecified atom stereocenters. The number of halogens is 1. The van der Waals surface area contributed by atoms with Gasteiger partial charge in [-0.1, -0.05) is 109 Å². The number of nitrogens with zero attached hydrogens (tertiary/aromatic N) is 2. The highest BCUT2D eigenvalue weighted by molar-refractivity contribution is 5.90. The highest BCUT2D eigenvalue weighted by Crippen LogP contribution is 2.14. The number of hydrogen-bond donors (Lipinski definition) is 0. The lowest BCUT2D eigenvalue weighted by Gasteiger charge is -2.17. The third-order valence-electron chi connectivity index (χ3n) is 6.52. The quantitative estimate of drug-likeness (QED) is 0.123. The minimum Gasteiger partial charge on any atom is -1.00 e. The standard InChI is InChI=1S/C29H51N2O3.HI/c1-4-6-7-8-9-10-11-12-13-14-15-16-17-18-19-22-25-34-29(33)31(27(3)32)26-28-23-20-21-24-30(28)5-2;/h20-21,23-24H,4-19,22,25-26H2,1-3H3;1H/q+1;/p-1. The van der Waals surface area contributed by atoms with Crippen molar-refractivity contribution in [2.45, 2.75) is 137 Å². The molecule has 6 heteroatoms. The second-order valence-corrected chi connectivity index (χ2v) is 9.50. The van der Waals surface area contributed by atoms with Crippen molar-refractivity contribution < 1.29 is 42.9 Å². The third-order valence-corrected chi connectivity index (χ3v) is 6.52. The number of aryl methyl sites for hydroxylation is 1. The number of carbonyl (C=O) groups excluding carboxylic acids is 2. The summed E-state index contributed by atoms with van der Waals surface area (Å²) in [7, 11) is 0. The maximum Gasteiger partial charge on any atom is 0.417 e. The SMILES string of the molecule is CCCCCCCCCCCCCCCCCCOC(=O)N(Cc1cccc[n+]1CC)C(C)=O.[I-]. The zero-order chi connectivity index (χ0) is 24.9. The fraction of sp³-hybridized carbons (Fsp3) is 0.759. The molecule has 1 aromatic rings. The molecular formula is C29H51IN2O3. The Bertz CT molecular complexity index is 669. The Balaban J connectivity index is 0.0000116. The smallest absolute Gasteiger partial charge is 0.417 e. The first-order valence-electron chi connectivity index (χ1n) is 14.0. The predicted octanol–water partition coefficient (Wildman–Crippen LogP) is 4.74. The monoisotopic (exact) mass is 602 g/mol. The van der Waals surface area contributed by atoms with Crippen LogP contribution in [0.2, 0.25) is 0 Å². The van der Waals surface area contributed by atoms with Crippen molar-refractivity contribution in [2.75, 3.05) is 6.61 Å². The number of ether oxygens (including phenoxy) is 1. The van der Waals surface area contributed by atoms with E-state index in [1.54, 1.807) is 0 Å². The van der Waals surface area contributed by atoms with Crippen LogP contribution in [-0.4, -0.2) is 23.5 Å². The summed E-state index contributed by atoms with van der Waals surface area (Å²) in [5, 5.41) is 0. The number of rotatable bonds is 20. The second-order valence-electron chi connectivity index (χ2n) is 9.50. The Hall–Kier alpha value is -1.18. The minimum absolute atomic E-state index is 0. The first kappa shape index (κ1) is 33.8. The zero-order valence-electron chi connectivity index (χ0n) is 22.7. The first-order valence-corrected chi connectivity index (χ1v) is 14.0. The van der Waals surface area contributed by atoms with Crippen LogP contribution in [0.4, 0.5) is 4.79 Å². The van der Waals surface area contributed by atoms with Crippen molar-refractivity contribution >= 4 is 12.0 Å². The maximum atomic E-state index is 12.4. The van der Waals surface area contributed by atoms with Crippen molar-refractivity contribution in [3.63, 3.8) is 0 Å². The largest absolute Gasteiger partial charge is 1.00 e. The molecule has 0 spiro atoms. The van der Waals surface area contributed by atoms with Crippen molar-refractivity contribution in [1.29, 1.82) is 0 Å². The molecule has 0 radical (unpaired) electrons. The lowest BCUT2D eigenvalue weighted by molar-refractivity contribution is -0.701. The summed E-state index contributed by atoms with van der Waals surface area (Å²) in [4.78, 5) is 25.6. The Morgan fingerprint density at radius 3 is 1.71 bits per heavy atom. The van der Waals surface area contributed by atoms with Crippen LogP contribution < -0.4 is 28.5 Å². The van der Waals surface area contributed by atoms with Crippen LogP contribution in [0.1, 0.15) is 129 Å². The molecule has 0 atom stereocenters. The van der Waals surface area contributed by atoms with E-state index in [4.69, 9.17) is 4.74 Å². The van der Waals surface area contributed by atoms with E-state index in [0.717, 1.165) is 25.1 Å². The Labute approximate surface area is 232 Å². The molecule has 1 heterocycles. The molecule has 0 aliphatic carbocycles. The van der Waals surface area contributed by atoms with Gasteiger partial charge in [0, 0.05) is 19.1 Å². The topological polar surface area (TPSA) is 50.5 Å². The number of pyridine rings is 1. The van der Waals surface area contributed by atoms with E-state index < -0.39 is 6.09 Å². The van der Waals surface area contributed by atoms with E-state index in [2.05, 4.69) is 6.92 Å². The Morgan fingerprint density at radius 1 is 0.771 bits per heavy atom. The molecule has 0 saturated heterocycles. The van der Waals surface area contributed by atoms with Gasteiger partial charge in [0.05, 0.1) is 6.61 Å². The molecule has 202 valence electrons. The van der Waals surface area contributed by atoms with Crippen LogP contribution in [-0.2, 0) is 22.6 Å². The van der Waals surface area contributed by atoms with Crippen LogP contribution in [0.25, 0.3) is 0 Å². The maximum absolute atomic E-state index is 12.4. The molecule has 0 saturated carbocycles. The lowest BCUT2D eigenvalue weighted by atomic mass is 10.0. The van der Waals surface area contributed by atoms with E-state index in [1.165, 1.54) is 102 Å². The van der Waals surface area contributed by atoms with Gasteiger partial charge in [0.1, 0.15) is 13.1 Å². The molecular weight excluding hydrogens is 551 g/mol. The molecule has 0 N–H and O–H groups in total. The van der Waals surface area contributed by atoms with E-state index in [-0.39, 0.29) is 36.4 Å². The summed E-state index contributed by atoms with van der Waals surface area (Å²) in [6.07, 6.45) is 22.4. The van der Waals surface area contributed by atoms with Gasteiger partial charge in [-0.3, -0.25) is 4.79 Å². The molecule has 5 nitrogen and oxygen atoms in total. The summed E-state index contributed by atoms with van der Waals surface area (Å²) in [5.74, 6) is -0.288. The summed E-state index contributed by atoms with van der Waals surface area (Å²) >= 11 is 0. The summed E-state index contributed by atoms with van der Waals surface area (Å²) in [6, 6.07) is 5.80. The van der Waals surface area contributed by atoms with E-state index in [1.807, 2.05) is 35.9 Å². The van der Waals surface area contributed by atoms with Gasteiger partial charge >= 0.3 is 6.09 Å². The van der Waals surface area contributed by atoms with Gasteiger partial charge < -0.3 is 28.7 Å². The normalized spacial score (nSPS) is 10.6. The number of unbranched alkanes of at least 4 members (excludes halogenated alkanes) is 15. The van der Waals surface area contributed by atoms with Crippen molar-refractivity contribution in [3.8, 4) is 0 Å². The number of hydrogen-bond acceptors (Lipinski definition) is 3. The molecule has 0 aliphatic heterocycles. The van der Waals surface area contributed by atoms with E-state index in [9.17, 15) is 9.59 Å². The van der Waals surface area contributed by atoms with Gasteiger partial charge in [0.2, 0.25) is 11.6 Å². The van der Waals surface area contributed by atoms with Gasteiger partial charge in [0.15, 0.2) is 6.20 Å². The number of imide groups is 1. The molecule has 0 bridgehead atoms. The van der Waals surface area contributed by atoms with Crippen LogP contribution >= 0.6 is 0 Å². The minimum atomic E-state index is -0.542. The summed E-state index contributed by atoms with van der Waals surface area (Å²) in [6.45, 7) is 7.13. The average Bonchev–Trinajstić information content (AvgIpc) is 2.84. The molecule has 0 aliphatic rings. The van der Waals surface area contributed by atoms with Crippen molar-refractivity contribution in [2.24, 2.45) is 0 Å². The second kappa shape index (κ2) is 23.2. The molecule has 35 heavy (non-hydrogen) atoms. The van der Waals surface area contributed by atoms with Crippen molar-refractivity contribution in [1.82, 2.24) is 4.90 Å². The van der Waals surface area contributed by atoms with Crippen LogP contribution in [0.5, 0.6) is 0 Å². The molecule has 1 aromatic heterocycles. The fourth-order valence-electron chi connectivity index (χ4n) is 4.32. The van der Waals surface area contributed by atoms with Crippen LogP contribution in [0.3, 0.4) is 0 Å². The molecule has 1 rings (SSSR count). The first-order chi connectivity index (χ1) is 16.6. The number of amides is 2. The molecule has 2 amide bonds. The third kappa shape index (κ3) is 17.0. The van der Waals surface area contributed by atoms with Crippen LogP contribution in [0, 0.1) is 0 Å². The predicted molar refractivity (Wildman–Crippen MR) is 139 cm³/mol. The highest BCUT2D eigenvalue weighted by Gasteiger charge is 2.23. The fourth-order valence-corrected chi connectivity index (χ4v) is 4.32. The summed E-state index contributed by atoms with van der Waals surface area (Å²) < 4.78 is 7.41. The van der Waals surface area contributed by atoms with Gasteiger partial charge in [-0.25, -0.2) is 14.3 Å². The Morgan fingerprint density at radius 2 is 1.26 bits per heavy atom. The zero-order valence-corrected chi connectivity index (χ0v) is 24.9. The van der Waals surface area contributed by atoms with Crippen LogP contribution in [0.15, 0.2) is 24.4 Å². The van der Waals surface area contributed by atoms with E-state index >= 15 is 0 Å². The lowest BCUT2D eigenvalue weighted by Crippen LogP contribution is -3.00. The van der Waals surface area contributed by atoms with Gasteiger partial charge in [-0.05, 0) is 13.3 Å². The van der Waals surface area contributed by atoms with Gasteiger partial charge in [0.25, 0.3) is 0 Å². The number of aromatic nitrogens is 1. The summed E-state index contributed by atoms with van der Waals surface area (Å²) in [5.41, 5.74) is 0.916. The van der Waals surface area contributed by atoms with Gasteiger partial charge in [-0.2, -0.15) is 0 Å². The average molecular weight is 603 g/mol. The van der Waals surface area contributed by atoms with Gasteiger partial charge in [-0.15, -0.1) is 0 Å². The molecule has 0 aromatic carbocycles.